The Morgan fingerprint density at radius 3 is 3.00 bits per heavy atom. The zero-order valence-corrected chi connectivity index (χ0v) is 10.8. The van der Waals surface area contributed by atoms with E-state index in [2.05, 4.69) is 22.5 Å². The number of thiazole rings is 1. The van der Waals surface area contributed by atoms with Crippen LogP contribution in [0.1, 0.15) is 36.8 Å². The van der Waals surface area contributed by atoms with Crippen LogP contribution >= 0.6 is 11.3 Å². The predicted octanol–water partition coefficient (Wildman–Crippen LogP) is 2.55. The number of nitrogens with zero attached hydrogens (tertiary/aromatic N) is 1. The van der Waals surface area contributed by atoms with E-state index in [4.69, 9.17) is 0 Å². The molecule has 1 fully saturated rings. The Labute approximate surface area is 105 Å². The molecule has 0 radical (unpaired) electrons. The van der Waals surface area contributed by atoms with Gasteiger partial charge in [-0.25, -0.2) is 9.78 Å². The number of carbonyl (C=O) groups excluding carboxylic acids is 1. The molecule has 5 heteroatoms. The largest absolute Gasteiger partial charge is 0.335 e. The topological polar surface area (TPSA) is 54.0 Å². The molecule has 1 aromatic rings. The fourth-order valence-electron chi connectivity index (χ4n) is 2.14. The number of hydrogen-bond acceptors (Lipinski definition) is 3. The van der Waals surface area contributed by atoms with Crippen molar-refractivity contribution in [2.45, 2.75) is 45.1 Å². The van der Waals surface area contributed by atoms with Crippen LogP contribution in [0.5, 0.6) is 0 Å². The number of fused-ring (bicyclic) bond motifs is 1. The van der Waals surface area contributed by atoms with E-state index in [0.29, 0.717) is 6.04 Å². The molecule has 3 rings (SSSR count). The first-order valence-electron chi connectivity index (χ1n) is 6.27. The van der Waals surface area contributed by atoms with Crippen molar-refractivity contribution in [3.63, 3.8) is 0 Å². The Kier molecular flexibility index (Phi) is 2.78. The van der Waals surface area contributed by atoms with Gasteiger partial charge in [-0.05, 0) is 38.0 Å². The number of hydrogen-bond donors (Lipinski definition) is 2. The van der Waals surface area contributed by atoms with Gasteiger partial charge < -0.3 is 5.32 Å². The Balaban J connectivity index is 1.65. The molecule has 0 aliphatic heterocycles. The van der Waals surface area contributed by atoms with E-state index in [1.165, 1.54) is 17.0 Å². The second-order valence-corrected chi connectivity index (χ2v) is 6.19. The lowest BCUT2D eigenvalue weighted by Crippen LogP contribution is -2.30. The van der Waals surface area contributed by atoms with Gasteiger partial charge in [0.1, 0.15) is 0 Å². The zero-order chi connectivity index (χ0) is 11.8. The first-order chi connectivity index (χ1) is 8.20. The van der Waals surface area contributed by atoms with E-state index in [1.54, 1.807) is 11.3 Å². The van der Waals surface area contributed by atoms with Crippen LogP contribution in [-0.2, 0) is 12.8 Å². The number of anilines is 1. The maximum absolute atomic E-state index is 11.6. The smallest absolute Gasteiger partial charge is 0.321 e. The highest BCUT2D eigenvalue weighted by molar-refractivity contribution is 7.15. The van der Waals surface area contributed by atoms with Crippen molar-refractivity contribution in [2.24, 2.45) is 5.92 Å². The van der Waals surface area contributed by atoms with Crippen LogP contribution in [0.15, 0.2) is 0 Å². The number of urea groups is 1. The number of aromatic nitrogens is 1. The van der Waals surface area contributed by atoms with E-state index in [1.807, 2.05) is 0 Å². The van der Waals surface area contributed by atoms with Gasteiger partial charge in [-0.15, -0.1) is 11.3 Å². The van der Waals surface area contributed by atoms with Gasteiger partial charge in [-0.2, -0.15) is 0 Å². The number of aryl methyl sites for hydroxylation is 1. The van der Waals surface area contributed by atoms with Crippen LogP contribution < -0.4 is 10.6 Å². The summed E-state index contributed by atoms with van der Waals surface area (Å²) in [6.07, 6.45) is 5.60. The van der Waals surface area contributed by atoms with E-state index in [-0.39, 0.29) is 6.03 Å². The Morgan fingerprint density at radius 2 is 2.24 bits per heavy atom. The normalized spacial score (nSPS) is 23.0. The maximum Gasteiger partial charge on any atom is 0.321 e. The summed E-state index contributed by atoms with van der Waals surface area (Å²) in [5, 5.41) is 6.50. The summed E-state index contributed by atoms with van der Waals surface area (Å²) in [4.78, 5) is 17.4. The van der Waals surface area contributed by atoms with E-state index in [0.717, 1.165) is 36.7 Å². The van der Waals surface area contributed by atoms with Crippen LogP contribution in [0, 0.1) is 5.92 Å². The summed E-state index contributed by atoms with van der Waals surface area (Å²) in [5.74, 6) is 0.746. The quantitative estimate of drug-likeness (QED) is 0.848. The minimum Gasteiger partial charge on any atom is -0.335 e. The lowest BCUT2D eigenvalue weighted by molar-refractivity contribution is 0.251. The Hall–Kier alpha value is -1.10. The summed E-state index contributed by atoms with van der Waals surface area (Å²) in [5.41, 5.74) is 1.19. The maximum atomic E-state index is 11.6. The summed E-state index contributed by atoms with van der Waals surface area (Å²) in [7, 11) is 0. The van der Waals surface area contributed by atoms with Crippen LogP contribution in [0.3, 0.4) is 0 Å². The van der Waals surface area contributed by atoms with Crippen LogP contribution in [0.2, 0.25) is 0 Å². The average Bonchev–Trinajstić information content (AvgIpc) is 2.97. The molecule has 1 saturated carbocycles. The number of nitrogens with one attached hydrogen (secondary N) is 2. The first-order valence-corrected chi connectivity index (χ1v) is 7.08. The van der Waals surface area contributed by atoms with Gasteiger partial charge in [0.25, 0.3) is 0 Å². The van der Waals surface area contributed by atoms with Crippen molar-refractivity contribution in [3.05, 3.63) is 10.6 Å². The molecule has 2 N–H and O–H groups in total. The lowest BCUT2D eigenvalue weighted by atomic mass is 9.93. The van der Waals surface area contributed by atoms with Crippen molar-refractivity contribution in [1.82, 2.24) is 10.3 Å². The van der Waals surface area contributed by atoms with Gasteiger partial charge in [-0.3, -0.25) is 5.32 Å². The second kappa shape index (κ2) is 4.29. The minimum atomic E-state index is -0.105. The third-order valence-electron chi connectivity index (χ3n) is 3.32. The Bertz CT molecular complexity index is 439. The third-order valence-corrected chi connectivity index (χ3v) is 4.35. The third kappa shape index (κ3) is 2.60. The summed E-state index contributed by atoms with van der Waals surface area (Å²) in [6, 6.07) is 0.288. The molecule has 0 bridgehead atoms. The molecule has 92 valence electrons. The van der Waals surface area contributed by atoms with Crippen molar-refractivity contribution < 1.29 is 4.79 Å². The molecule has 0 saturated heterocycles. The molecule has 2 amide bonds. The number of amides is 2. The molecule has 0 aromatic carbocycles. The number of carbonyl (C=O) groups is 1. The van der Waals surface area contributed by atoms with Gasteiger partial charge in [0, 0.05) is 10.9 Å². The molecule has 4 nitrogen and oxygen atoms in total. The van der Waals surface area contributed by atoms with Gasteiger partial charge in [-0.1, -0.05) is 6.92 Å². The molecule has 1 atom stereocenters. The highest BCUT2D eigenvalue weighted by Crippen LogP contribution is 2.32. The fourth-order valence-corrected chi connectivity index (χ4v) is 3.31. The first kappa shape index (κ1) is 11.0. The van der Waals surface area contributed by atoms with Crippen LogP contribution in [0.25, 0.3) is 0 Å². The monoisotopic (exact) mass is 251 g/mol. The molecule has 2 aliphatic rings. The molecular formula is C12H17N3OS. The highest BCUT2D eigenvalue weighted by atomic mass is 32.1. The van der Waals surface area contributed by atoms with Crippen molar-refractivity contribution in [2.75, 3.05) is 5.32 Å². The van der Waals surface area contributed by atoms with Crippen molar-refractivity contribution in [3.8, 4) is 0 Å². The highest BCUT2D eigenvalue weighted by Gasteiger charge is 2.24. The Morgan fingerprint density at radius 1 is 1.41 bits per heavy atom. The van der Waals surface area contributed by atoms with Crippen molar-refractivity contribution >= 4 is 22.5 Å². The molecule has 1 aromatic heterocycles. The van der Waals surface area contributed by atoms with Crippen molar-refractivity contribution in [1.29, 1.82) is 0 Å². The standard InChI is InChI=1S/C12H17N3OS/c1-7-2-5-9-10(6-7)17-12(14-9)15-11(16)13-8-3-4-8/h7-8H,2-6H2,1H3,(H2,13,14,15,16). The van der Waals surface area contributed by atoms with Gasteiger partial charge in [0.15, 0.2) is 5.13 Å². The molecule has 2 aliphatic carbocycles. The van der Waals surface area contributed by atoms with Crippen LogP contribution in [-0.4, -0.2) is 17.1 Å². The SMILES string of the molecule is CC1CCc2nc(NC(=O)NC3CC3)sc2C1. The fraction of sp³-hybridized carbons (Fsp3) is 0.667. The van der Waals surface area contributed by atoms with Gasteiger partial charge in [0.2, 0.25) is 0 Å². The minimum absolute atomic E-state index is 0.105. The van der Waals surface area contributed by atoms with Gasteiger partial charge >= 0.3 is 6.03 Å². The lowest BCUT2D eigenvalue weighted by Gasteiger charge is -2.15. The molecule has 17 heavy (non-hydrogen) atoms. The molecule has 0 spiro atoms. The summed E-state index contributed by atoms with van der Waals surface area (Å²) in [6.45, 7) is 2.27. The molecular weight excluding hydrogens is 234 g/mol. The van der Waals surface area contributed by atoms with Gasteiger partial charge in [0.05, 0.1) is 5.69 Å². The summed E-state index contributed by atoms with van der Waals surface area (Å²) < 4.78 is 0. The number of rotatable bonds is 2. The predicted molar refractivity (Wildman–Crippen MR) is 68.5 cm³/mol. The van der Waals surface area contributed by atoms with E-state index in [9.17, 15) is 4.79 Å². The van der Waals surface area contributed by atoms with Crippen LogP contribution in [0.4, 0.5) is 9.93 Å². The molecule has 1 heterocycles. The zero-order valence-electron chi connectivity index (χ0n) is 9.95. The van der Waals surface area contributed by atoms with E-state index < -0.39 is 0 Å². The average molecular weight is 251 g/mol. The molecule has 1 unspecified atom stereocenters. The van der Waals surface area contributed by atoms with E-state index >= 15 is 0 Å². The summed E-state index contributed by atoms with van der Waals surface area (Å²) >= 11 is 1.63. The second-order valence-electron chi connectivity index (χ2n) is 5.11.